The Labute approximate surface area is 120 Å². The molecule has 1 atom stereocenters. The van der Waals surface area contributed by atoms with Gasteiger partial charge in [-0.3, -0.25) is 10.1 Å². The molecule has 1 aliphatic heterocycles. The number of benzene rings is 1. The molecule has 0 radical (unpaired) electrons. The lowest BCUT2D eigenvalue weighted by Crippen LogP contribution is -2.41. The lowest BCUT2D eigenvalue weighted by Gasteiger charge is -2.38. The zero-order chi connectivity index (χ0) is 14.5. The summed E-state index contributed by atoms with van der Waals surface area (Å²) in [5.41, 5.74) is 2.05. The van der Waals surface area contributed by atoms with Crippen molar-refractivity contribution in [1.82, 2.24) is 5.32 Å². The van der Waals surface area contributed by atoms with E-state index < -0.39 is 0 Å². The average molecular weight is 277 g/mol. The molecular formula is C15H23N3O2. The maximum atomic E-state index is 11.3. The second-order valence-corrected chi connectivity index (χ2v) is 5.43. The van der Waals surface area contributed by atoms with Crippen molar-refractivity contribution in [3.8, 4) is 0 Å². The van der Waals surface area contributed by atoms with Gasteiger partial charge in [-0.2, -0.15) is 0 Å². The van der Waals surface area contributed by atoms with Gasteiger partial charge in [-0.1, -0.05) is 12.1 Å². The van der Waals surface area contributed by atoms with Crippen molar-refractivity contribution in [2.24, 2.45) is 0 Å². The average Bonchev–Trinajstić information content (AvgIpc) is 2.45. The van der Waals surface area contributed by atoms with Gasteiger partial charge in [0.1, 0.15) is 5.69 Å². The van der Waals surface area contributed by atoms with Crippen molar-refractivity contribution in [2.75, 3.05) is 25.0 Å². The topological polar surface area (TPSA) is 58.4 Å². The Bertz CT molecular complexity index is 476. The van der Waals surface area contributed by atoms with Crippen LogP contribution in [0, 0.1) is 17.0 Å². The minimum absolute atomic E-state index is 0.237. The molecule has 0 saturated carbocycles. The maximum absolute atomic E-state index is 11.3. The number of nitrogens with zero attached hydrogens (tertiary/aromatic N) is 2. The molecule has 1 aromatic carbocycles. The van der Waals surface area contributed by atoms with Gasteiger partial charge in [0.2, 0.25) is 0 Å². The van der Waals surface area contributed by atoms with Crippen molar-refractivity contribution in [2.45, 2.75) is 38.6 Å². The monoisotopic (exact) mass is 277 g/mol. The fourth-order valence-electron chi connectivity index (χ4n) is 3.07. The Morgan fingerprint density at radius 1 is 1.45 bits per heavy atom. The number of hydrogen-bond donors (Lipinski definition) is 1. The molecule has 0 amide bonds. The molecule has 1 fully saturated rings. The summed E-state index contributed by atoms with van der Waals surface area (Å²) in [7, 11) is 1.95. The normalized spacial score (nSPS) is 19.1. The highest BCUT2D eigenvalue weighted by Crippen LogP contribution is 2.36. The quantitative estimate of drug-likeness (QED) is 0.664. The van der Waals surface area contributed by atoms with Crippen molar-refractivity contribution < 1.29 is 4.92 Å². The van der Waals surface area contributed by atoms with E-state index in [2.05, 4.69) is 10.2 Å². The van der Waals surface area contributed by atoms with Crippen molar-refractivity contribution in [1.29, 1.82) is 0 Å². The van der Waals surface area contributed by atoms with Gasteiger partial charge in [0.25, 0.3) is 5.69 Å². The second kappa shape index (κ2) is 6.70. The molecule has 1 saturated heterocycles. The Kier molecular flexibility index (Phi) is 4.95. The van der Waals surface area contributed by atoms with E-state index in [1.807, 2.05) is 20.0 Å². The first-order chi connectivity index (χ1) is 9.65. The van der Waals surface area contributed by atoms with Crippen LogP contribution < -0.4 is 10.2 Å². The summed E-state index contributed by atoms with van der Waals surface area (Å²) in [4.78, 5) is 13.3. The SMILES string of the molecule is CNCCC1CCCCN1c1c(C)cccc1[N+](=O)[O-]. The van der Waals surface area contributed by atoms with Gasteiger partial charge >= 0.3 is 0 Å². The van der Waals surface area contributed by atoms with Crippen LogP contribution in [0.25, 0.3) is 0 Å². The number of rotatable bonds is 5. The third-order valence-corrected chi connectivity index (χ3v) is 4.06. The van der Waals surface area contributed by atoms with E-state index in [9.17, 15) is 10.1 Å². The largest absolute Gasteiger partial charge is 0.363 e. The summed E-state index contributed by atoms with van der Waals surface area (Å²) < 4.78 is 0. The molecule has 1 heterocycles. The van der Waals surface area contributed by atoms with Gasteiger partial charge in [-0.15, -0.1) is 0 Å². The van der Waals surface area contributed by atoms with Gasteiger partial charge < -0.3 is 10.2 Å². The molecule has 5 nitrogen and oxygen atoms in total. The predicted octanol–water partition coefficient (Wildman–Crippen LogP) is 2.87. The highest BCUT2D eigenvalue weighted by Gasteiger charge is 2.28. The smallest absolute Gasteiger partial charge is 0.292 e. The summed E-state index contributed by atoms with van der Waals surface area (Å²) in [6.07, 6.45) is 4.47. The van der Waals surface area contributed by atoms with E-state index in [-0.39, 0.29) is 10.6 Å². The zero-order valence-corrected chi connectivity index (χ0v) is 12.3. The highest BCUT2D eigenvalue weighted by atomic mass is 16.6. The number of nitro benzene ring substituents is 1. The van der Waals surface area contributed by atoms with Crippen LogP contribution in [-0.4, -0.2) is 31.1 Å². The summed E-state index contributed by atoms with van der Waals surface area (Å²) in [6, 6.07) is 5.75. The molecule has 110 valence electrons. The van der Waals surface area contributed by atoms with Gasteiger partial charge in [0.15, 0.2) is 0 Å². The fraction of sp³-hybridized carbons (Fsp3) is 0.600. The molecule has 0 spiro atoms. The van der Waals surface area contributed by atoms with Gasteiger partial charge in [0.05, 0.1) is 4.92 Å². The molecule has 2 rings (SSSR count). The Balaban J connectivity index is 2.34. The second-order valence-electron chi connectivity index (χ2n) is 5.43. The Morgan fingerprint density at radius 2 is 2.25 bits per heavy atom. The van der Waals surface area contributed by atoms with E-state index in [0.29, 0.717) is 6.04 Å². The Morgan fingerprint density at radius 3 is 2.95 bits per heavy atom. The summed E-state index contributed by atoms with van der Waals surface area (Å²) in [5.74, 6) is 0. The third kappa shape index (κ3) is 3.10. The van der Waals surface area contributed by atoms with Crippen LogP contribution in [0.2, 0.25) is 0 Å². The van der Waals surface area contributed by atoms with Crippen LogP contribution in [0.4, 0.5) is 11.4 Å². The highest BCUT2D eigenvalue weighted by molar-refractivity contribution is 5.68. The first-order valence-corrected chi connectivity index (χ1v) is 7.30. The number of hydrogen-bond acceptors (Lipinski definition) is 4. The third-order valence-electron chi connectivity index (χ3n) is 4.06. The molecule has 5 heteroatoms. The molecule has 1 N–H and O–H groups in total. The molecule has 1 aromatic rings. The van der Waals surface area contributed by atoms with Crippen LogP contribution in [0.15, 0.2) is 18.2 Å². The summed E-state index contributed by atoms with van der Waals surface area (Å²) in [6.45, 7) is 3.83. The van der Waals surface area contributed by atoms with Crippen LogP contribution in [-0.2, 0) is 0 Å². The lowest BCUT2D eigenvalue weighted by atomic mass is 9.97. The number of nitro groups is 1. The number of aryl methyl sites for hydroxylation is 1. The molecule has 20 heavy (non-hydrogen) atoms. The van der Waals surface area contributed by atoms with Crippen LogP contribution in [0.1, 0.15) is 31.2 Å². The van der Waals surface area contributed by atoms with Crippen LogP contribution in [0.5, 0.6) is 0 Å². The molecule has 0 aromatic heterocycles. The molecule has 0 aliphatic carbocycles. The summed E-state index contributed by atoms with van der Waals surface area (Å²) >= 11 is 0. The van der Waals surface area contributed by atoms with E-state index in [0.717, 1.165) is 43.6 Å². The molecule has 0 bridgehead atoms. The number of anilines is 1. The van der Waals surface area contributed by atoms with Crippen LogP contribution in [0.3, 0.4) is 0 Å². The van der Waals surface area contributed by atoms with Crippen molar-refractivity contribution in [3.63, 3.8) is 0 Å². The molecular weight excluding hydrogens is 254 g/mol. The number of para-hydroxylation sites is 1. The summed E-state index contributed by atoms with van der Waals surface area (Å²) in [5, 5.41) is 14.5. The minimum Gasteiger partial charge on any atom is -0.363 e. The van der Waals surface area contributed by atoms with E-state index in [1.54, 1.807) is 12.1 Å². The molecule has 1 aliphatic rings. The zero-order valence-electron chi connectivity index (χ0n) is 12.3. The maximum Gasteiger partial charge on any atom is 0.292 e. The van der Waals surface area contributed by atoms with E-state index in [1.165, 1.54) is 6.42 Å². The first kappa shape index (κ1) is 14.8. The number of nitrogens with one attached hydrogen (secondary N) is 1. The van der Waals surface area contributed by atoms with Gasteiger partial charge in [0, 0.05) is 18.7 Å². The first-order valence-electron chi connectivity index (χ1n) is 7.30. The van der Waals surface area contributed by atoms with Gasteiger partial charge in [-0.25, -0.2) is 0 Å². The lowest BCUT2D eigenvalue weighted by molar-refractivity contribution is -0.384. The van der Waals surface area contributed by atoms with Crippen molar-refractivity contribution in [3.05, 3.63) is 33.9 Å². The Hall–Kier alpha value is -1.62. The van der Waals surface area contributed by atoms with Crippen molar-refractivity contribution >= 4 is 11.4 Å². The molecule has 1 unspecified atom stereocenters. The standard InChI is InChI=1S/C15H23N3O2/c1-12-6-5-8-14(18(19)20)15(12)17-11-4-3-7-13(17)9-10-16-2/h5-6,8,13,16H,3-4,7,9-11H2,1-2H3. The minimum atomic E-state index is -0.258. The van der Waals surface area contributed by atoms with Crippen LogP contribution >= 0.6 is 0 Å². The van der Waals surface area contributed by atoms with E-state index >= 15 is 0 Å². The number of piperidine rings is 1. The fourth-order valence-corrected chi connectivity index (χ4v) is 3.07. The van der Waals surface area contributed by atoms with E-state index in [4.69, 9.17) is 0 Å². The predicted molar refractivity (Wildman–Crippen MR) is 81.4 cm³/mol. The van der Waals surface area contributed by atoms with Gasteiger partial charge in [-0.05, 0) is 51.8 Å².